The summed E-state index contributed by atoms with van der Waals surface area (Å²) >= 11 is 5.86. The van der Waals surface area contributed by atoms with Crippen LogP contribution in [-0.2, 0) is 9.59 Å². The summed E-state index contributed by atoms with van der Waals surface area (Å²) in [6.45, 7) is 8.28. The average Bonchev–Trinajstić information content (AvgIpc) is 2.72. The van der Waals surface area contributed by atoms with Crippen LogP contribution in [0.3, 0.4) is 0 Å². The number of carbonyl (C=O) groups is 3. The number of nitrogens with two attached hydrogens (primary N) is 1. The van der Waals surface area contributed by atoms with Crippen molar-refractivity contribution in [3.05, 3.63) is 46.8 Å². The fraction of sp³-hybridized carbons (Fsp3) is 0.400. The molecule has 1 heterocycles. The quantitative estimate of drug-likeness (QED) is 0.441. The number of rotatable bonds is 6. The molecule has 4 amide bonds. The Hall–Kier alpha value is -3.14. The van der Waals surface area contributed by atoms with Crippen LogP contribution in [0.4, 0.5) is 9.18 Å². The molecule has 0 aromatic heterocycles. The molecule has 1 aromatic rings. The zero-order valence-corrected chi connectivity index (χ0v) is 18.4. The molecule has 1 saturated heterocycles. The van der Waals surface area contributed by atoms with Crippen LogP contribution in [-0.4, -0.2) is 72.2 Å². The van der Waals surface area contributed by atoms with Crippen LogP contribution in [0.2, 0.25) is 5.02 Å². The third kappa shape index (κ3) is 5.94. The highest BCUT2D eigenvalue weighted by molar-refractivity contribution is 6.32. The maximum Gasteiger partial charge on any atom is 0.318 e. The van der Waals surface area contributed by atoms with E-state index < -0.39 is 17.3 Å². The van der Waals surface area contributed by atoms with E-state index >= 15 is 0 Å². The molecule has 1 aliphatic heterocycles. The van der Waals surface area contributed by atoms with Gasteiger partial charge in [-0.2, -0.15) is 5.10 Å². The minimum Gasteiger partial charge on any atom is -0.366 e. The topological polar surface area (TPSA) is 120 Å². The third-order valence-corrected chi connectivity index (χ3v) is 5.06. The lowest BCUT2D eigenvalue weighted by atomic mass is 10.0. The molecule has 0 spiro atoms. The second kappa shape index (κ2) is 9.78. The lowest BCUT2D eigenvalue weighted by molar-refractivity contribution is -0.125. The summed E-state index contributed by atoms with van der Waals surface area (Å²) in [4.78, 5) is 37.6. The van der Waals surface area contributed by atoms with Gasteiger partial charge in [0.2, 0.25) is 11.8 Å². The summed E-state index contributed by atoms with van der Waals surface area (Å²) in [7, 11) is 1.50. The Bertz CT molecular complexity index is 925. The highest BCUT2D eigenvalue weighted by atomic mass is 35.5. The number of likely N-dealkylation sites (N-methyl/N-ethyl adjacent to an activating group) is 1. The predicted molar refractivity (Wildman–Crippen MR) is 116 cm³/mol. The Labute approximate surface area is 185 Å². The number of piperazine rings is 1. The predicted octanol–water partition coefficient (Wildman–Crippen LogP) is 1.08. The van der Waals surface area contributed by atoms with Gasteiger partial charge >= 0.3 is 6.03 Å². The van der Waals surface area contributed by atoms with Crippen molar-refractivity contribution in [2.45, 2.75) is 19.4 Å². The van der Waals surface area contributed by atoms with E-state index in [-0.39, 0.29) is 28.2 Å². The summed E-state index contributed by atoms with van der Waals surface area (Å²) in [5, 5.41) is 11.2. The van der Waals surface area contributed by atoms with Gasteiger partial charge in [0, 0.05) is 25.7 Å². The van der Waals surface area contributed by atoms with E-state index in [1.807, 2.05) is 0 Å². The number of hydrazone groups is 1. The molecule has 0 aliphatic carbocycles. The van der Waals surface area contributed by atoms with Gasteiger partial charge in [0.05, 0.1) is 23.7 Å². The van der Waals surface area contributed by atoms with E-state index in [0.717, 1.165) is 6.07 Å². The van der Waals surface area contributed by atoms with Crippen molar-refractivity contribution in [1.29, 1.82) is 0 Å². The number of primary amides is 1. The molecule has 0 atom stereocenters. The lowest BCUT2D eigenvalue weighted by Crippen LogP contribution is -2.59. The fourth-order valence-corrected chi connectivity index (χ4v) is 3.09. The summed E-state index contributed by atoms with van der Waals surface area (Å²) in [6.07, 6.45) is 0. The highest BCUT2D eigenvalue weighted by Gasteiger charge is 2.31. The van der Waals surface area contributed by atoms with Gasteiger partial charge in [-0.25, -0.2) is 9.18 Å². The van der Waals surface area contributed by atoms with Crippen LogP contribution < -0.4 is 16.4 Å². The Morgan fingerprint density at radius 1 is 1.23 bits per heavy atom. The molecule has 0 radical (unpaired) electrons. The molecule has 0 saturated carbocycles. The number of urea groups is 1. The van der Waals surface area contributed by atoms with Crippen molar-refractivity contribution >= 4 is 35.2 Å². The Morgan fingerprint density at radius 3 is 2.35 bits per heavy atom. The Morgan fingerprint density at radius 2 is 1.84 bits per heavy atom. The largest absolute Gasteiger partial charge is 0.366 e. The summed E-state index contributed by atoms with van der Waals surface area (Å²) in [5.41, 5.74) is 4.82. The van der Waals surface area contributed by atoms with Gasteiger partial charge < -0.3 is 21.3 Å². The highest BCUT2D eigenvalue weighted by Crippen LogP contribution is 2.19. The summed E-state index contributed by atoms with van der Waals surface area (Å²) in [5.74, 6) is -1.68. The molecule has 1 aromatic carbocycles. The van der Waals surface area contributed by atoms with Gasteiger partial charge in [0.25, 0.3) is 0 Å². The molecular weight excluding hydrogens is 427 g/mol. The molecule has 168 valence electrons. The number of amides is 4. The number of hydrogen-bond acceptors (Lipinski definition) is 5. The first kappa shape index (κ1) is 24.1. The zero-order chi connectivity index (χ0) is 23.3. The van der Waals surface area contributed by atoms with Gasteiger partial charge in [-0.15, -0.1) is 0 Å². The molecule has 11 heteroatoms. The van der Waals surface area contributed by atoms with Gasteiger partial charge in [0.15, 0.2) is 0 Å². The van der Waals surface area contributed by atoms with E-state index in [9.17, 15) is 18.8 Å². The summed E-state index contributed by atoms with van der Waals surface area (Å²) < 4.78 is 13.5. The normalized spacial score (nSPS) is 14.8. The number of nitrogens with zero attached hydrogens (tertiary/aromatic N) is 3. The molecule has 4 N–H and O–H groups in total. The molecule has 1 aliphatic rings. The van der Waals surface area contributed by atoms with E-state index in [4.69, 9.17) is 17.3 Å². The number of carbonyl (C=O) groups excluding carboxylic acids is 3. The second-order valence-corrected chi connectivity index (χ2v) is 7.90. The second-order valence-electron chi connectivity index (χ2n) is 7.50. The minimum atomic E-state index is -1.06. The van der Waals surface area contributed by atoms with Crippen molar-refractivity contribution in [1.82, 2.24) is 20.5 Å². The van der Waals surface area contributed by atoms with E-state index in [2.05, 4.69) is 22.3 Å². The first-order valence-electron chi connectivity index (χ1n) is 9.53. The van der Waals surface area contributed by atoms with Crippen molar-refractivity contribution in [3.8, 4) is 0 Å². The number of nitrogens with one attached hydrogen (secondary N) is 2. The maximum absolute atomic E-state index is 13.5. The minimum absolute atomic E-state index is 0.0461. The fourth-order valence-electron chi connectivity index (χ4n) is 2.91. The van der Waals surface area contributed by atoms with Gasteiger partial charge in [-0.1, -0.05) is 18.2 Å². The van der Waals surface area contributed by atoms with Crippen LogP contribution in [0.15, 0.2) is 35.5 Å². The SMILES string of the molecule is C=C(C(N)=O)/C(=N\N1CCN(C(=O)NC(C)(C)C(=O)NC)CC1)c1ccc(F)c(Cl)c1. The van der Waals surface area contributed by atoms with Crippen LogP contribution >= 0.6 is 11.6 Å². The smallest absolute Gasteiger partial charge is 0.318 e. The number of hydrogen-bond donors (Lipinski definition) is 3. The molecule has 2 rings (SSSR count). The third-order valence-electron chi connectivity index (χ3n) is 4.78. The first-order valence-corrected chi connectivity index (χ1v) is 9.91. The van der Waals surface area contributed by atoms with Gasteiger partial charge in [-0.3, -0.25) is 14.6 Å². The van der Waals surface area contributed by atoms with Crippen molar-refractivity contribution in [2.75, 3.05) is 33.2 Å². The monoisotopic (exact) mass is 452 g/mol. The average molecular weight is 453 g/mol. The van der Waals surface area contributed by atoms with Crippen LogP contribution in [0.5, 0.6) is 0 Å². The summed E-state index contributed by atoms with van der Waals surface area (Å²) in [6, 6.07) is 3.56. The van der Waals surface area contributed by atoms with Gasteiger partial charge in [0.1, 0.15) is 17.1 Å². The molecule has 1 fully saturated rings. The van der Waals surface area contributed by atoms with Crippen molar-refractivity contribution in [2.24, 2.45) is 10.8 Å². The van der Waals surface area contributed by atoms with Crippen LogP contribution in [0.25, 0.3) is 0 Å². The standard InChI is InChI=1S/C20H26ClFN6O3/c1-12(17(23)29)16(13-5-6-15(22)14(21)11-13)26-28-9-7-27(8-10-28)19(31)25-20(2,3)18(30)24-4/h5-6,11H,1,7-10H2,2-4H3,(H2,23,29)(H,24,30)(H,25,31)/b26-16+. The molecular formula is C20H26ClFN6O3. The molecule has 9 nitrogen and oxygen atoms in total. The zero-order valence-electron chi connectivity index (χ0n) is 17.7. The number of halogens is 2. The van der Waals surface area contributed by atoms with Crippen molar-refractivity contribution in [3.63, 3.8) is 0 Å². The van der Waals surface area contributed by atoms with Crippen LogP contribution in [0.1, 0.15) is 19.4 Å². The van der Waals surface area contributed by atoms with Crippen LogP contribution in [0, 0.1) is 5.82 Å². The van der Waals surface area contributed by atoms with E-state index in [1.165, 1.54) is 19.2 Å². The molecule has 31 heavy (non-hydrogen) atoms. The Kier molecular flexibility index (Phi) is 7.61. The molecule has 0 bridgehead atoms. The maximum atomic E-state index is 13.5. The van der Waals surface area contributed by atoms with E-state index in [0.29, 0.717) is 31.7 Å². The first-order chi connectivity index (χ1) is 14.5. The molecule has 0 unspecified atom stereocenters. The Balaban J connectivity index is 2.13. The number of benzene rings is 1. The van der Waals surface area contributed by atoms with Crippen molar-refractivity contribution < 1.29 is 18.8 Å². The van der Waals surface area contributed by atoms with E-state index in [1.54, 1.807) is 23.8 Å². The van der Waals surface area contributed by atoms with Gasteiger partial charge in [-0.05, 0) is 32.0 Å². The lowest BCUT2D eigenvalue weighted by Gasteiger charge is -2.35.